The number of ketones is 1. The summed E-state index contributed by atoms with van der Waals surface area (Å²) in [7, 11) is 1.56. The van der Waals surface area contributed by atoms with E-state index in [1.165, 1.54) is 0 Å². The van der Waals surface area contributed by atoms with Crippen molar-refractivity contribution in [2.75, 3.05) is 7.11 Å². The van der Waals surface area contributed by atoms with Gasteiger partial charge in [0.1, 0.15) is 23.2 Å². The van der Waals surface area contributed by atoms with E-state index in [2.05, 4.69) is 0 Å². The van der Waals surface area contributed by atoms with E-state index in [0.29, 0.717) is 39.5 Å². The Morgan fingerprint density at radius 2 is 1.29 bits per heavy atom. The molecule has 1 heterocycles. The van der Waals surface area contributed by atoms with Crippen LogP contribution in [0.5, 0.6) is 17.2 Å². The number of methoxy groups -OCH3 is 1. The second-order valence-corrected chi connectivity index (χ2v) is 7.93. The number of rotatable bonds is 6. The van der Waals surface area contributed by atoms with Gasteiger partial charge in [0.15, 0.2) is 6.10 Å². The highest BCUT2D eigenvalue weighted by atomic mass is 16.5. The highest BCUT2D eigenvalue weighted by Crippen LogP contribution is 2.45. The van der Waals surface area contributed by atoms with E-state index < -0.39 is 18.0 Å². The first-order valence-corrected chi connectivity index (χ1v) is 10.9. The lowest BCUT2D eigenvalue weighted by molar-refractivity contribution is -0.148. The van der Waals surface area contributed by atoms with Crippen molar-refractivity contribution in [2.24, 2.45) is 0 Å². The molecule has 0 aliphatic carbocycles. The number of fused-ring (bicyclic) bond motifs is 2. The summed E-state index contributed by atoms with van der Waals surface area (Å²) in [5, 5.41) is 0. The molecule has 0 saturated carbocycles. The van der Waals surface area contributed by atoms with Crippen molar-refractivity contribution in [1.82, 2.24) is 0 Å². The van der Waals surface area contributed by atoms with Crippen molar-refractivity contribution in [3.8, 4) is 17.2 Å². The summed E-state index contributed by atoms with van der Waals surface area (Å²) in [6.45, 7) is 0. The van der Waals surface area contributed by atoms with Gasteiger partial charge in [-0.05, 0) is 36.4 Å². The molecule has 5 nitrogen and oxygen atoms in total. The second-order valence-electron chi connectivity index (χ2n) is 7.93. The van der Waals surface area contributed by atoms with Crippen molar-refractivity contribution in [1.29, 1.82) is 0 Å². The lowest BCUT2D eigenvalue weighted by Gasteiger charge is -2.28. The standard InChI is InChI=1S/C29H22O5/c1-32-21-17-15-19(16-18-21)27(30)28(20-9-3-2-4-10-20)34-29(31)26-22-11-5-7-13-24(22)33-25-14-8-6-12-23(25)26/h2-18,26,28H,1H3. The van der Waals surface area contributed by atoms with Gasteiger partial charge < -0.3 is 14.2 Å². The van der Waals surface area contributed by atoms with Crippen LogP contribution in [0, 0.1) is 0 Å². The van der Waals surface area contributed by atoms with Crippen LogP contribution in [-0.4, -0.2) is 18.9 Å². The van der Waals surface area contributed by atoms with Crippen LogP contribution >= 0.6 is 0 Å². The van der Waals surface area contributed by atoms with Gasteiger partial charge in [0.25, 0.3) is 0 Å². The van der Waals surface area contributed by atoms with Crippen molar-refractivity contribution in [2.45, 2.75) is 12.0 Å². The third kappa shape index (κ3) is 4.04. The Balaban J connectivity index is 1.52. The van der Waals surface area contributed by atoms with Crippen molar-refractivity contribution in [3.05, 3.63) is 125 Å². The molecule has 34 heavy (non-hydrogen) atoms. The molecule has 4 aromatic rings. The number of carbonyl (C=O) groups excluding carboxylic acids is 2. The number of Topliss-reactive ketones (excluding diaryl/α,β-unsaturated/α-hetero) is 1. The molecule has 0 radical (unpaired) electrons. The molecular weight excluding hydrogens is 428 g/mol. The molecule has 4 aromatic carbocycles. The zero-order chi connectivity index (χ0) is 23.5. The second kappa shape index (κ2) is 9.24. The highest BCUT2D eigenvalue weighted by molar-refractivity contribution is 6.01. The van der Waals surface area contributed by atoms with Crippen molar-refractivity contribution >= 4 is 11.8 Å². The molecule has 0 N–H and O–H groups in total. The lowest BCUT2D eigenvalue weighted by Crippen LogP contribution is -2.26. The van der Waals surface area contributed by atoms with Crippen LogP contribution in [0.25, 0.3) is 0 Å². The van der Waals surface area contributed by atoms with Gasteiger partial charge in [-0.15, -0.1) is 0 Å². The molecule has 168 valence electrons. The van der Waals surface area contributed by atoms with Gasteiger partial charge >= 0.3 is 5.97 Å². The maximum atomic E-state index is 13.7. The first-order valence-electron chi connectivity index (χ1n) is 10.9. The van der Waals surface area contributed by atoms with E-state index in [1.807, 2.05) is 66.7 Å². The van der Waals surface area contributed by atoms with Gasteiger partial charge in [0, 0.05) is 22.3 Å². The summed E-state index contributed by atoms with van der Waals surface area (Å²) in [5.74, 6) is 0.299. The highest BCUT2D eigenvalue weighted by Gasteiger charge is 2.36. The summed E-state index contributed by atoms with van der Waals surface area (Å²) in [6.07, 6.45) is -1.09. The maximum Gasteiger partial charge on any atom is 0.319 e. The Kier molecular flexibility index (Phi) is 5.83. The van der Waals surface area contributed by atoms with Crippen LogP contribution in [0.1, 0.15) is 39.1 Å². The molecular formula is C29H22O5. The number of para-hydroxylation sites is 2. The Morgan fingerprint density at radius 1 is 0.735 bits per heavy atom. The summed E-state index contributed by atoms with van der Waals surface area (Å²) >= 11 is 0. The van der Waals surface area contributed by atoms with E-state index in [-0.39, 0.29) is 5.78 Å². The fraction of sp³-hybridized carbons (Fsp3) is 0.103. The summed E-state index contributed by atoms with van der Waals surface area (Å²) < 4.78 is 17.2. The van der Waals surface area contributed by atoms with E-state index in [4.69, 9.17) is 14.2 Å². The molecule has 0 aromatic heterocycles. The van der Waals surface area contributed by atoms with E-state index >= 15 is 0 Å². The SMILES string of the molecule is COc1ccc(C(=O)C(OC(=O)C2c3ccccc3Oc3ccccc32)c2ccccc2)cc1. The maximum absolute atomic E-state index is 13.7. The third-order valence-corrected chi connectivity index (χ3v) is 5.86. The first-order chi connectivity index (χ1) is 16.7. The molecule has 0 bridgehead atoms. The number of esters is 1. The number of carbonyl (C=O) groups is 2. The fourth-order valence-electron chi connectivity index (χ4n) is 4.16. The Labute approximate surface area is 197 Å². The molecule has 1 aliphatic heterocycles. The first kappa shape index (κ1) is 21.5. The fourth-order valence-corrected chi connectivity index (χ4v) is 4.16. The van der Waals surface area contributed by atoms with Crippen molar-refractivity contribution < 1.29 is 23.8 Å². The quantitative estimate of drug-likeness (QED) is 0.262. The largest absolute Gasteiger partial charge is 0.497 e. The minimum Gasteiger partial charge on any atom is -0.497 e. The summed E-state index contributed by atoms with van der Waals surface area (Å²) in [4.78, 5) is 27.2. The Hall–Kier alpha value is -4.38. The van der Waals surface area contributed by atoms with E-state index in [0.717, 1.165) is 0 Å². The van der Waals surface area contributed by atoms with Gasteiger partial charge in [-0.1, -0.05) is 66.7 Å². The molecule has 1 unspecified atom stereocenters. The van der Waals surface area contributed by atoms with Gasteiger partial charge in [0.05, 0.1) is 7.11 Å². The van der Waals surface area contributed by atoms with E-state index in [1.54, 1.807) is 43.5 Å². The molecule has 0 saturated heterocycles. The van der Waals surface area contributed by atoms with Crippen LogP contribution in [0.4, 0.5) is 0 Å². The Morgan fingerprint density at radius 3 is 1.88 bits per heavy atom. The zero-order valence-electron chi connectivity index (χ0n) is 18.5. The molecule has 0 fully saturated rings. The van der Waals surface area contributed by atoms with Crippen LogP contribution in [0.15, 0.2) is 103 Å². The van der Waals surface area contributed by atoms with Gasteiger partial charge in [-0.3, -0.25) is 9.59 Å². The summed E-state index contributed by atoms with van der Waals surface area (Å²) in [5.41, 5.74) is 2.44. The predicted molar refractivity (Wildman–Crippen MR) is 127 cm³/mol. The van der Waals surface area contributed by atoms with Gasteiger partial charge in [-0.2, -0.15) is 0 Å². The Bertz CT molecular complexity index is 1280. The molecule has 1 atom stereocenters. The molecule has 1 aliphatic rings. The molecule has 0 spiro atoms. The minimum absolute atomic E-state index is 0.309. The zero-order valence-corrected chi connectivity index (χ0v) is 18.5. The van der Waals surface area contributed by atoms with Crippen LogP contribution < -0.4 is 9.47 Å². The molecule has 5 rings (SSSR count). The van der Waals surface area contributed by atoms with Crippen LogP contribution in [0.2, 0.25) is 0 Å². The number of hydrogen-bond acceptors (Lipinski definition) is 5. The third-order valence-electron chi connectivity index (χ3n) is 5.86. The predicted octanol–water partition coefficient (Wildman–Crippen LogP) is 6.10. The summed E-state index contributed by atoms with van der Waals surface area (Å²) in [6, 6.07) is 30.6. The van der Waals surface area contributed by atoms with E-state index in [9.17, 15) is 9.59 Å². The van der Waals surface area contributed by atoms with Crippen LogP contribution in [0.3, 0.4) is 0 Å². The van der Waals surface area contributed by atoms with Gasteiger partial charge in [-0.25, -0.2) is 0 Å². The van der Waals surface area contributed by atoms with Gasteiger partial charge in [0.2, 0.25) is 5.78 Å². The number of hydrogen-bond donors (Lipinski definition) is 0. The number of benzene rings is 4. The molecule has 5 heteroatoms. The average Bonchev–Trinajstić information content (AvgIpc) is 2.90. The van der Waals surface area contributed by atoms with Crippen molar-refractivity contribution in [3.63, 3.8) is 0 Å². The monoisotopic (exact) mass is 450 g/mol. The smallest absolute Gasteiger partial charge is 0.319 e. The number of ether oxygens (including phenoxy) is 3. The lowest BCUT2D eigenvalue weighted by atomic mass is 9.88. The topological polar surface area (TPSA) is 61.8 Å². The minimum atomic E-state index is -1.09. The normalized spacial score (nSPS) is 13.1. The average molecular weight is 450 g/mol. The van der Waals surface area contributed by atoms with Crippen LogP contribution in [-0.2, 0) is 9.53 Å². The molecule has 0 amide bonds.